The third-order valence-corrected chi connectivity index (χ3v) is 4.77. The van der Waals surface area contributed by atoms with Gasteiger partial charge in [0.2, 0.25) is 0 Å². The second-order valence-electron chi connectivity index (χ2n) is 7.09. The standard InChI is InChI=1S/C19H20N8/c1-19(2,17-24-11-5-3-9(15(20)21)7-13(11)26-17)18-25-12-6-4-10(16(22)23)8-14(12)27-18/h3-8H,1-2H3,(H3,20,21)(H3,22,23)(H,24,26)(H,25,27). The largest absolute Gasteiger partial charge is 0.384 e. The fraction of sp³-hybridized carbons (Fsp3) is 0.158. The molecule has 0 amide bonds. The Bertz CT molecular complexity index is 1120. The number of nitrogen functional groups attached to an aromatic ring is 2. The van der Waals surface area contributed by atoms with E-state index in [1.54, 1.807) is 12.1 Å². The molecule has 0 saturated carbocycles. The maximum atomic E-state index is 7.59. The molecule has 0 radical (unpaired) electrons. The fourth-order valence-electron chi connectivity index (χ4n) is 3.06. The first-order valence-electron chi connectivity index (χ1n) is 8.45. The highest BCUT2D eigenvalue weighted by Crippen LogP contribution is 2.30. The van der Waals surface area contributed by atoms with E-state index in [0.717, 1.165) is 33.7 Å². The number of aromatic amines is 2. The number of amidine groups is 2. The lowest BCUT2D eigenvalue weighted by molar-refractivity contribution is 0.567. The van der Waals surface area contributed by atoms with Crippen LogP contribution in [0, 0.1) is 10.8 Å². The summed E-state index contributed by atoms with van der Waals surface area (Å²) in [5.41, 5.74) is 15.2. The highest BCUT2D eigenvalue weighted by Gasteiger charge is 2.30. The number of hydrogen-bond acceptors (Lipinski definition) is 4. The molecule has 0 atom stereocenters. The third kappa shape index (κ3) is 2.71. The molecule has 0 aliphatic rings. The summed E-state index contributed by atoms with van der Waals surface area (Å²) in [7, 11) is 0. The molecule has 0 aliphatic carbocycles. The molecule has 4 aromatic rings. The summed E-state index contributed by atoms with van der Waals surface area (Å²) in [6.07, 6.45) is 0. The van der Waals surface area contributed by atoms with E-state index < -0.39 is 5.41 Å². The van der Waals surface area contributed by atoms with Gasteiger partial charge >= 0.3 is 0 Å². The number of aromatic nitrogens is 4. The Kier molecular flexibility index (Phi) is 3.52. The minimum absolute atomic E-state index is 0.0193. The summed E-state index contributed by atoms with van der Waals surface area (Å²) in [4.78, 5) is 16.0. The van der Waals surface area contributed by atoms with Gasteiger partial charge in [-0.1, -0.05) is 0 Å². The Hall–Kier alpha value is -3.68. The number of imidazole rings is 2. The zero-order valence-corrected chi connectivity index (χ0v) is 15.0. The Labute approximate surface area is 155 Å². The lowest BCUT2D eigenvalue weighted by Crippen LogP contribution is -2.22. The van der Waals surface area contributed by atoms with Crippen LogP contribution in [0.5, 0.6) is 0 Å². The maximum Gasteiger partial charge on any atom is 0.122 e. The van der Waals surface area contributed by atoms with Crippen molar-refractivity contribution in [2.75, 3.05) is 0 Å². The predicted molar refractivity (Wildman–Crippen MR) is 106 cm³/mol. The number of benzene rings is 2. The Morgan fingerprint density at radius 2 is 1.22 bits per heavy atom. The van der Waals surface area contributed by atoms with Crippen molar-refractivity contribution in [1.82, 2.24) is 19.9 Å². The van der Waals surface area contributed by atoms with Gasteiger partial charge < -0.3 is 21.4 Å². The van der Waals surface area contributed by atoms with Crippen molar-refractivity contribution in [3.8, 4) is 0 Å². The number of nitrogens with two attached hydrogens (primary N) is 2. The van der Waals surface area contributed by atoms with E-state index in [2.05, 4.69) is 9.97 Å². The number of nitrogens with one attached hydrogen (secondary N) is 4. The first-order chi connectivity index (χ1) is 12.8. The van der Waals surface area contributed by atoms with Gasteiger partial charge in [0, 0.05) is 11.1 Å². The minimum atomic E-state index is -0.509. The summed E-state index contributed by atoms with van der Waals surface area (Å²) in [6.45, 7) is 4.06. The quantitative estimate of drug-likeness (QED) is 0.244. The van der Waals surface area contributed by atoms with Gasteiger partial charge in [-0.05, 0) is 50.2 Å². The molecule has 8 heteroatoms. The van der Waals surface area contributed by atoms with Gasteiger partial charge in [0.15, 0.2) is 0 Å². The molecule has 2 aromatic carbocycles. The molecule has 2 aromatic heterocycles. The average Bonchev–Trinajstić information content (AvgIpc) is 3.24. The second-order valence-corrected chi connectivity index (χ2v) is 7.09. The van der Waals surface area contributed by atoms with Crippen LogP contribution in [-0.4, -0.2) is 31.6 Å². The number of fused-ring (bicyclic) bond motifs is 2. The lowest BCUT2D eigenvalue weighted by atomic mass is 9.92. The fourth-order valence-corrected chi connectivity index (χ4v) is 3.06. The third-order valence-electron chi connectivity index (χ3n) is 4.77. The Morgan fingerprint density at radius 1 is 0.815 bits per heavy atom. The van der Waals surface area contributed by atoms with E-state index in [-0.39, 0.29) is 11.7 Å². The number of nitrogens with zero attached hydrogens (tertiary/aromatic N) is 2. The van der Waals surface area contributed by atoms with Crippen LogP contribution in [0.3, 0.4) is 0 Å². The highest BCUT2D eigenvalue weighted by molar-refractivity contribution is 5.98. The van der Waals surface area contributed by atoms with Crippen molar-refractivity contribution >= 4 is 33.7 Å². The summed E-state index contributed by atoms with van der Waals surface area (Å²) < 4.78 is 0. The molecule has 0 bridgehead atoms. The molecule has 0 spiro atoms. The van der Waals surface area contributed by atoms with Crippen LogP contribution in [0.1, 0.15) is 36.6 Å². The molecule has 8 N–H and O–H groups in total. The lowest BCUT2D eigenvalue weighted by Gasteiger charge is -2.19. The van der Waals surface area contributed by atoms with Crippen molar-refractivity contribution in [2.45, 2.75) is 19.3 Å². The smallest absolute Gasteiger partial charge is 0.122 e. The molecule has 0 saturated heterocycles. The van der Waals surface area contributed by atoms with Gasteiger partial charge in [-0.15, -0.1) is 0 Å². The summed E-state index contributed by atoms with van der Waals surface area (Å²) in [5, 5.41) is 15.2. The highest BCUT2D eigenvalue weighted by atomic mass is 15.0. The van der Waals surface area contributed by atoms with Gasteiger partial charge in [-0.3, -0.25) is 10.8 Å². The molecule has 136 valence electrons. The molecule has 27 heavy (non-hydrogen) atoms. The van der Waals surface area contributed by atoms with E-state index in [1.165, 1.54) is 0 Å². The van der Waals surface area contributed by atoms with E-state index >= 15 is 0 Å². The average molecular weight is 360 g/mol. The van der Waals surface area contributed by atoms with E-state index in [0.29, 0.717) is 11.1 Å². The maximum absolute atomic E-state index is 7.59. The van der Waals surface area contributed by atoms with E-state index in [9.17, 15) is 0 Å². The topological polar surface area (TPSA) is 157 Å². The van der Waals surface area contributed by atoms with Gasteiger partial charge in [0.05, 0.1) is 27.5 Å². The molecule has 8 nitrogen and oxygen atoms in total. The van der Waals surface area contributed by atoms with Crippen LogP contribution in [0.2, 0.25) is 0 Å². The van der Waals surface area contributed by atoms with E-state index in [1.807, 2.05) is 38.1 Å². The van der Waals surface area contributed by atoms with Crippen molar-refractivity contribution < 1.29 is 0 Å². The van der Waals surface area contributed by atoms with Gasteiger partial charge in [0.25, 0.3) is 0 Å². The van der Waals surface area contributed by atoms with Crippen molar-refractivity contribution in [1.29, 1.82) is 10.8 Å². The number of H-pyrrole nitrogens is 2. The van der Waals surface area contributed by atoms with Gasteiger partial charge in [-0.25, -0.2) is 9.97 Å². The molecular weight excluding hydrogens is 340 g/mol. The molecule has 2 heterocycles. The number of rotatable bonds is 4. The summed E-state index contributed by atoms with van der Waals surface area (Å²) in [6, 6.07) is 10.9. The minimum Gasteiger partial charge on any atom is -0.384 e. The molecule has 4 rings (SSSR count). The van der Waals surface area contributed by atoms with Gasteiger partial charge in [0.1, 0.15) is 23.3 Å². The van der Waals surface area contributed by atoms with Crippen LogP contribution in [-0.2, 0) is 5.41 Å². The molecule has 0 fully saturated rings. The van der Waals surface area contributed by atoms with Crippen LogP contribution < -0.4 is 11.5 Å². The second kappa shape index (κ2) is 5.66. The SMILES string of the molecule is CC(C)(c1nc2ccc(C(=N)N)cc2[nH]1)c1nc2ccc(C(=N)N)cc2[nH]1. The number of hydrogen-bond donors (Lipinski definition) is 6. The van der Waals surface area contributed by atoms with Crippen molar-refractivity contribution in [2.24, 2.45) is 11.5 Å². The normalized spacial score (nSPS) is 11.9. The van der Waals surface area contributed by atoms with Crippen molar-refractivity contribution in [3.63, 3.8) is 0 Å². The van der Waals surface area contributed by atoms with Crippen LogP contribution in [0.15, 0.2) is 36.4 Å². The first kappa shape index (κ1) is 16.8. The van der Waals surface area contributed by atoms with Crippen molar-refractivity contribution in [3.05, 3.63) is 59.2 Å². The Balaban J connectivity index is 1.80. The van der Waals surface area contributed by atoms with Crippen LogP contribution in [0.25, 0.3) is 22.1 Å². The summed E-state index contributed by atoms with van der Waals surface area (Å²) >= 11 is 0. The molecule has 0 unspecified atom stereocenters. The zero-order chi connectivity index (χ0) is 19.3. The Morgan fingerprint density at radius 3 is 1.59 bits per heavy atom. The first-order valence-corrected chi connectivity index (χ1v) is 8.45. The van der Waals surface area contributed by atoms with Crippen LogP contribution >= 0.6 is 0 Å². The monoisotopic (exact) mass is 360 g/mol. The van der Waals surface area contributed by atoms with E-state index in [4.69, 9.17) is 32.3 Å². The molecular formula is C19H20N8. The van der Waals surface area contributed by atoms with Crippen LogP contribution in [0.4, 0.5) is 0 Å². The zero-order valence-electron chi connectivity index (χ0n) is 15.0. The summed E-state index contributed by atoms with van der Waals surface area (Å²) in [5.74, 6) is 1.55. The molecule has 0 aliphatic heterocycles. The predicted octanol–water partition coefficient (Wildman–Crippen LogP) is 2.33. The van der Waals surface area contributed by atoms with Gasteiger partial charge in [-0.2, -0.15) is 0 Å².